The molecule has 10 heteroatoms. The molecule has 0 unspecified atom stereocenters. The van der Waals surface area contributed by atoms with E-state index in [1.807, 2.05) is 35.0 Å². The largest absolute Gasteiger partial charge is 0.497 e. The van der Waals surface area contributed by atoms with Gasteiger partial charge >= 0.3 is 0 Å². The molecule has 1 N–H and O–H groups in total. The van der Waals surface area contributed by atoms with Crippen molar-refractivity contribution in [1.82, 2.24) is 19.2 Å². The van der Waals surface area contributed by atoms with Crippen molar-refractivity contribution >= 4 is 15.9 Å². The molecule has 1 aromatic carbocycles. The molecule has 1 amide bonds. The Morgan fingerprint density at radius 2 is 2.09 bits per heavy atom. The van der Waals surface area contributed by atoms with Gasteiger partial charge in [0, 0.05) is 32.0 Å². The van der Waals surface area contributed by atoms with Gasteiger partial charge in [0.2, 0.25) is 10.0 Å². The monoisotopic (exact) mass is 460 g/mol. The number of carbonyl (C=O) groups is 1. The van der Waals surface area contributed by atoms with Crippen LogP contribution in [0.1, 0.15) is 37.1 Å². The fourth-order valence-corrected chi connectivity index (χ4v) is 6.48. The van der Waals surface area contributed by atoms with Crippen LogP contribution < -0.4 is 10.1 Å². The molecule has 1 spiro atoms. The van der Waals surface area contributed by atoms with E-state index >= 15 is 0 Å². The smallest absolute Gasteiger partial charge is 0.251 e. The standard InChI is InChI=1S/C22H28N4O5S/c1-30-17-4-2-3-16(13-17)14-24-20(27)19-15-25-12-9-23-21(25)22(31-19)7-10-26(11-8-22)32(28,29)18-5-6-18/h2-4,9,12-13,18-19H,5-8,10-11,14-15H2,1H3,(H,24,27)/t19-/m1/s1. The van der Waals surface area contributed by atoms with E-state index in [2.05, 4.69) is 10.3 Å². The van der Waals surface area contributed by atoms with Gasteiger partial charge in [0.05, 0.1) is 18.9 Å². The first kappa shape index (κ1) is 21.4. The van der Waals surface area contributed by atoms with Gasteiger partial charge in [0.1, 0.15) is 17.2 Å². The number of fused-ring (bicyclic) bond motifs is 2. The van der Waals surface area contributed by atoms with Gasteiger partial charge in [-0.2, -0.15) is 0 Å². The minimum atomic E-state index is -3.22. The number of nitrogens with zero attached hydrogens (tertiary/aromatic N) is 3. The van der Waals surface area contributed by atoms with Crippen LogP contribution in [0.25, 0.3) is 0 Å². The predicted octanol–water partition coefficient (Wildman–Crippen LogP) is 1.39. The van der Waals surface area contributed by atoms with E-state index in [9.17, 15) is 13.2 Å². The first-order chi connectivity index (χ1) is 15.4. The number of amides is 1. The lowest BCUT2D eigenvalue weighted by Crippen LogP contribution is -2.54. The van der Waals surface area contributed by atoms with E-state index in [0.29, 0.717) is 39.0 Å². The Morgan fingerprint density at radius 3 is 2.81 bits per heavy atom. The minimum Gasteiger partial charge on any atom is -0.497 e. The van der Waals surface area contributed by atoms with Crippen LogP contribution in [-0.4, -0.2) is 59.7 Å². The molecule has 3 aliphatic rings. The zero-order chi connectivity index (χ0) is 22.3. The maximum absolute atomic E-state index is 13.0. The van der Waals surface area contributed by atoms with Crippen LogP contribution >= 0.6 is 0 Å². The second-order valence-corrected chi connectivity index (χ2v) is 10.9. The number of sulfonamides is 1. The first-order valence-electron chi connectivity index (χ1n) is 11.0. The van der Waals surface area contributed by atoms with Gasteiger partial charge in [-0.1, -0.05) is 12.1 Å². The number of piperidine rings is 1. The topological polar surface area (TPSA) is 103 Å². The zero-order valence-corrected chi connectivity index (χ0v) is 18.9. The quantitative estimate of drug-likeness (QED) is 0.699. The summed E-state index contributed by atoms with van der Waals surface area (Å²) < 4.78 is 40.5. The van der Waals surface area contributed by atoms with Crippen molar-refractivity contribution in [3.63, 3.8) is 0 Å². The number of ether oxygens (including phenoxy) is 2. The highest BCUT2D eigenvalue weighted by Gasteiger charge is 2.50. The van der Waals surface area contributed by atoms with Crippen LogP contribution in [0.4, 0.5) is 0 Å². The van der Waals surface area contributed by atoms with Crippen molar-refractivity contribution in [3.05, 3.63) is 48.0 Å². The summed E-state index contributed by atoms with van der Waals surface area (Å²) >= 11 is 0. The molecule has 2 aliphatic heterocycles. The van der Waals surface area contributed by atoms with Crippen molar-refractivity contribution < 1.29 is 22.7 Å². The summed E-state index contributed by atoms with van der Waals surface area (Å²) in [5, 5.41) is 2.74. The van der Waals surface area contributed by atoms with E-state index < -0.39 is 21.7 Å². The van der Waals surface area contributed by atoms with Gasteiger partial charge in [0.25, 0.3) is 5.91 Å². The molecule has 9 nitrogen and oxygen atoms in total. The van der Waals surface area contributed by atoms with E-state index in [1.165, 1.54) is 0 Å². The lowest BCUT2D eigenvalue weighted by atomic mass is 9.89. The highest BCUT2D eigenvalue weighted by Crippen LogP contribution is 2.42. The summed E-state index contributed by atoms with van der Waals surface area (Å²) in [6.07, 6.45) is 5.36. The Kier molecular flexibility index (Phi) is 5.47. The maximum atomic E-state index is 13.0. The molecule has 2 fully saturated rings. The molecule has 1 aliphatic carbocycles. The van der Waals surface area contributed by atoms with Crippen LogP contribution in [0.15, 0.2) is 36.7 Å². The number of nitrogens with one attached hydrogen (secondary N) is 1. The van der Waals surface area contributed by atoms with Gasteiger partial charge in [-0.15, -0.1) is 0 Å². The highest BCUT2D eigenvalue weighted by atomic mass is 32.2. The molecular weight excluding hydrogens is 432 g/mol. The zero-order valence-electron chi connectivity index (χ0n) is 18.1. The molecule has 172 valence electrons. The van der Waals surface area contributed by atoms with Gasteiger partial charge in [-0.3, -0.25) is 4.79 Å². The third kappa shape index (κ3) is 3.91. The normalized spacial score (nSPS) is 23.0. The molecule has 1 saturated carbocycles. The number of methoxy groups -OCH3 is 1. The third-order valence-electron chi connectivity index (χ3n) is 6.58. The Balaban J connectivity index is 1.28. The average molecular weight is 461 g/mol. The molecule has 1 saturated heterocycles. The Hall–Kier alpha value is -2.43. The minimum absolute atomic E-state index is 0.195. The predicted molar refractivity (Wildman–Crippen MR) is 116 cm³/mol. The molecule has 5 rings (SSSR count). The summed E-state index contributed by atoms with van der Waals surface area (Å²) in [5.74, 6) is 1.32. The van der Waals surface area contributed by atoms with Gasteiger partial charge in [-0.05, 0) is 43.4 Å². The van der Waals surface area contributed by atoms with Crippen molar-refractivity contribution in [2.24, 2.45) is 0 Å². The number of aromatic nitrogens is 2. The number of hydrogen-bond donors (Lipinski definition) is 1. The number of carbonyl (C=O) groups excluding carboxylic acids is 1. The number of hydrogen-bond acceptors (Lipinski definition) is 6. The third-order valence-corrected chi connectivity index (χ3v) is 8.98. The number of rotatable bonds is 6. The molecule has 0 bridgehead atoms. The number of benzene rings is 1. The van der Waals surface area contributed by atoms with Gasteiger partial charge < -0.3 is 19.4 Å². The SMILES string of the molecule is COc1cccc(CNC(=O)[C@H]2Cn3ccnc3C3(CCN(S(=O)(=O)C4CC4)CC3)O2)c1. The molecule has 1 aromatic heterocycles. The molecular formula is C22H28N4O5S. The summed E-state index contributed by atoms with van der Waals surface area (Å²) in [6.45, 7) is 1.51. The summed E-state index contributed by atoms with van der Waals surface area (Å²) in [7, 11) is -1.61. The van der Waals surface area contributed by atoms with E-state index in [1.54, 1.807) is 17.6 Å². The van der Waals surface area contributed by atoms with Gasteiger partial charge in [-0.25, -0.2) is 17.7 Å². The van der Waals surface area contributed by atoms with Gasteiger partial charge in [0.15, 0.2) is 6.10 Å². The van der Waals surface area contributed by atoms with E-state index in [0.717, 1.165) is 30.0 Å². The van der Waals surface area contributed by atoms with Crippen LogP contribution in [0.5, 0.6) is 5.75 Å². The lowest BCUT2D eigenvalue weighted by molar-refractivity contribution is -0.171. The van der Waals surface area contributed by atoms with E-state index in [-0.39, 0.29) is 11.2 Å². The molecule has 3 heterocycles. The average Bonchev–Trinajstić information content (AvgIpc) is 3.56. The Labute approximate surface area is 187 Å². The Morgan fingerprint density at radius 1 is 1.31 bits per heavy atom. The maximum Gasteiger partial charge on any atom is 0.251 e. The molecule has 1 atom stereocenters. The van der Waals surface area contributed by atoms with Crippen molar-refractivity contribution in [3.8, 4) is 5.75 Å². The molecule has 0 radical (unpaired) electrons. The molecule has 2 aromatic rings. The second-order valence-electron chi connectivity index (χ2n) is 8.72. The number of imidazole rings is 1. The summed E-state index contributed by atoms with van der Waals surface area (Å²) in [6, 6.07) is 7.55. The Bertz CT molecular complexity index is 1100. The van der Waals surface area contributed by atoms with Crippen molar-refractivity contribution in [2.45, 2.75) is 55.7 Å². The molecule has 32 heavy (non-hydrogen) atoms. The van der Waals surface area contributed by atoms with Crippen LogP contribution in [0.2, 0.25) is 0 Å². The fraction of sp³-hybridized carbons (Fsp3) is 0.545. The fourth-order valence-electron chi connectivity index (χ4n) is 4.64. The lowest BCUT2D eigenvalue weighted by Gasteiger charge is -2.45. The highest BCUT2D eigenvalue weighted by molar-refractivity contribution is 7.90. The van der Waals surface area contributed by atoms with Crippen LogP contribution in [-0.2, 0) is 38.2 Å². The van der Waals surface area contributed by atoms with Crippen molar-refractivity contribution in [2.75, 3.05) is 20.2 Å². The second kappa shape index (κ2) is 8.17. The van der Waals surface area contributed by atoms with Crippen LogP contribution in [0, 0.1) is 0 Å². The summed E-state index contributed by atoms with van der Waals surface area (Å²) in [5.41, 5.74) is 0.181. The summed E-state index contributed by atoms with van der Waals surface area (Å²) in [4.78, 5) is 17.5. The van der Waals surface area contributed by atoms with Crippen LogP contribution in [0.3, 0.4) is 0 Å². The first-order valence-corrected chi connectivity index (χ1v) is 12.5. The van der Waals surface area contributed by atoms with E-state index in [4.69, 9.17) is 9.47 Å². The van der Waals surface area contributed by atoms with Crippen molar-refractivity contribution in [1.29, 1.82) is 0 Å².